The van der Waals surface area contributed by atoms with Crippen molar-refractivity contribution in [3.8, 4) is 11.4 Å². The highest BCUT2D eigenvalue weighted by molar-refractivity contribution is 5.92. The standard InChI is InChI=1S/C19H21N5O4/c1-13-8-23(9-14(2)27-13)19(25)18-7-17(28-22-18)10-26-16-5-3-15(4-6-16)24-12-20-11-21-24/h3-7,11-14H,8-10H2,1-2H3/t13-,14+. The Morgan fingerprint density at radius 2 is 1.96 bits per heavy atom. The number of rotatable bonds is 5. The van der Waals surface area contributed by atoms with Crippen molar-refractivity contribution in [3.63, 3.8) is 0 Å². The third-order valence-corrected chi connectivity index (χ3v) is 4.39. The van der Waals surface area contributed by atoms with E-state index in [2.05, 4.69) is 15.2 Å². The maximum absolute atomic E-state index is 12.6. The summed E-state index contributed by atoms with van der Waals surface area (Å²) in [6, 6.07) is 9.03. The van der Waals surface area contributed by atoms with Gasteiger partial charge in [0.1, 0.15) is 25.0 Å². The molecule has 3 aromatic rings. The molecule has 9 heteroatoms. The molecule has 1 amide bonds. The van der Waals surface area contributed by atoms with E-state index in [9.17, 15) is 4.79 Å². The van der Waals surface area contributed by atoms with Gasteiger partial charge in [0.25, 0.3) is 5.91 Å². The van der Waals surface area contributed by atoms with Crippen LogP contribution in [0.15, 0.2) is 47.5 Å². The molecule has 3 heterocycles. The van der Waals surface area contributed by atoms with E-state index in [-0.39, 0.29) is 30.4 Å². The Hall–Kier alpha value is -3.20. The van der Waals surface area contributed by atoms with E-state index in [1.54, 1.807) is 22.0 Å². The summed E-state index contributed by atoms with van der Waals surface area (Å²) in [5.41, 5.74) is 1.16. The van der Waals surface area contributed by atoms with E-state index in [1.165, 1.54) is 6.33 Å². The Balaban J connectivity index is 1.35. The van der Waals surface area contributed by atoms with Gasteiger partial charge in [-0.3, -0.25) is 4.79 Å². The Bertz CT molecular complexity index is 912. The first kappa shape index (κ1) is 18.2. The molecule has 4 rings (SSSR count). The number of aromatic nitrogens is 4. The zero-order valence-electron chi connectivity index (χ0n) is 15.7. The lowest BCUT2D eigenvalue weighted by molar-refractivity contribution is -0.0588. The topological polar surface area (TPSA) is 95.5 Å². The molecule has 1 aliphatic rings. The summed E-state index contributed by atoms with van der Waals surface area (Å²) in [6.07, 6.45) is 3.11. The highest BCUT2D eigenvalue weighted by Crippen LogP contribution is 2.18. The molecular formula is C19H21N5O4. The fourth-order valence-electron chi connectivity index (χ4n) is 3.18. The van der Waals surface area contributed by atoms with Gasteiger partial charge in [-0.2, -0.15) is 5.10 Å². The highest BCUT2D eigenvalue weighted by Gasteiger charge is 2.28. The van der Waals surface area contributed by atoms with E-state index in [1.807, 2.05) is 38.1 Å². The van der Waals surface area contributed by atoms with Crippen molar-refractivity contribution in [1.82, 2.24) is 24.8 Å². The molecule has 0 bridgehead atoms. The summed E-state index contributed by atoms with van der Waals surface area (Å²) >= 11 is 0. The van der Waals surface area contributed by atoms with E-state index >= 15 is 0 Å². The molecule has 0 spiro atoms. The lowest BCUT2D eigenvalue weighted by atomic mass is 10.2. The van der Waals surface area contributed by atoms with Crippen LogP contribution in [-0.2, 0) is 11.3 Å². The number of hydrogen-bond donors (Lipinski definition) is 0. The van der Waals surface area contributed by atoms with Gasteiger partial charge in [0, 0.05) is 19.2 Å². The zero-order valence-corrected chi connectivity index (χ0v) is 15.7. The predicted octanol–water partition coefficient (Wildman–Crippen LogP) is 2.08. The molecule has 0 saturated carbocycles. The molecule has 2 aromatic heterocycles. The fraction of sp³-hybridized carbons (Fsp3) is 0.368. The second-order valence-corrected chi connectivity index (χ2v) is 6.77. The average molecular weight is 383 g/mol. The van der Waals surface area contributed by atoms with Gasteiger partial charge in [0.05, 0.1) is 17.9 Å². The summed E-state index contributed by atoms with van der Waals surface area (Å²) in [5, 5.41) is 7.97. The minimum atomic E-state index is -0.158. The van der Waals surface area contributed by atoms with Crippen LogP contribution in [0.25, 0.3) is 5.69 Å². The van der Waals surface area contributed by atoms with Crippen molar-refractivity contribution in [1.29, 1.82) is 0 Å². The first-order valence-corrected chi connectivity index (χ1v) is 9.06. The lowest BCUT2D eigenvalue weighted by Gasteiger charge is -2.34. The average Bonchev–Trinajstić information content (AvgIpc) is 3.37. The van der Waals surface area contributed by atoms with Crippen LogP contribution in [-0.4, -0.2) is 56.0 Å². The molecule has 9 nitrogen and oxygen atoms in total. The molecule has 1 aromatic carbocycles. The van der Waals surface area contributed by atoms with Crippen LogP contribution in [0.4, 0.5) is 0 Å². The first-order chi connectivity index (χ1) is 13.6. The largest absolute Gasteiger partial charge is 0.486 e. The molecule has 1 fully saturated rings. The number of ether oxygens (including phenoxy) is 2. The normalized spacial score (nSPS) is 19.6. The molecule has 0 unspecified atom stereocenters. The molecule has 0 aliphatic carbocycles. The molecule has 146 valence electrons. The van der Waals surface area contributed by atoms with Gasteiger partial charge in [-0.05, 0) is 38.1 Å². The highest BCUT2D eigenvalue weighted by atomic mass is 16.5. The molecule has 1 saturated heterocycles. The van der Waals surface area contributed by atoms with Gasteiger partial charge >= 0.3 is 0 Å². The summed E-state index contributed by atoms with van der Waals surface area (Å²) in [7, 11) is 0. The lowest BCUT2D eigenvalue weighted by Crippen LogP contribution is -2.48. The van der Waals surface area contributed by atoms with Crippen LogP contribution in [0.5, 0.6) is 5.75 Å². The number of morpholine rings is 1. The number of carbonyl (C=O) groups excluding carboxylic acids is 1. The molecular weight excluding hydrogens is 362 g/mol. The van der Waals surface area contributed by atoms with E-state index in [0.717, 1.165) is 5.69 Å². The summed E-state index contributed by atoms with van der Waals surface area (Å²) < 4.78 is 18.3. The molecule has 2 atom stereocenters. The van der Waals surface area contributed by atoms with Gasteiger partial charge in [-0.15, -0.1) is 0 Å². The minimum Gasteiger partial charge on any atom is -0.486 e. The van der Waals surface area contributed by atoms with Crippen molar-refractivity contribution in [2.75, 3.05) is 13.1 Å². The van der Waals surface area contributed by atoms with Gasteiger partial charge in [-0.25, -0.2) is 9.67 Å². The van der Waals surface area contributed by atoms with Crippen molar-refractivity contribution in [2.45, 2.75) is 32.7 Å². The SMILES string of the molecule is C[C@@H]1CN(C(=O)c2cc(COc3ccc(-n4cncn4)cc3)on2)C[C@H](C)O1. The third-order valence-electron chi connectivity index (χ3n) is 4.39. The number of hydrogen-bond acceptors (Lipinski definition) is 7. The maximum Gasteiger partial charge on any atom is 0.276 e. The Morgan fingerprint density at radius 3 is 2.64 bits per heavy atom. The third kappa shape index (κ3) is 4.04. The smallest absolute Gasteiger partial charge is 0.276 e. The monoisotopic (exact) mass is 383 g/mol. The van der Waals surface area contributed by atoms with Crippen LogP contribution in [0.1, 0.15) is 30.1 Å². The van der Waals surface area contributed by atoms with Crippen molar-refractivity contribution in [2.24, 2.45) is 0 Å². The number of carbonyl (C=O) groups is 1. The van der Waals surface area contributed by atoms with E-state index in [0.29, 0.717) is 24.6 Å². The van der Waals surface area contributed by atoms with Gasteiger partial charge in [-0.1, -0.05) is 5.16 Å². The van der Waals surface area contributed by atoms with E-state index in [4.69, 9.17) is 14.0 Å². The van der Waals surface area contributed by atoms with Crippen molar-refractivity contribution in [3.05, 3.63) is 54.4 Å². The first-order valence-electron chi connectivity index (χ1n) is 9.06. The van der Waals surface area contributed by atoms with Crippen LogP contribution in [0, 0.1) is 0 Å². The quantitative estimate of drug-likeness (QED) is 0.666. The van der Waals surface area contributed by atoms with Crippen LogP contribution < -0.4 is 4.74 Å². The Morgan fingerprint density at radius 1 is 1.21 bits per heavy atom. The fourth-order valence-corrected chi connectivity index (χ4v) is 3.18. The van der Waals surface area contributed by atoms with Gasteiger partial charge < -0.3 is 18.9 Å². The van der Waals surface area contributed by atoms with Crippen LogP contribution >= 0.6 is 0 Å². The Kier molecular flexibility index (Phi) is 5.07. The number of amides is 1. The minimum absolute atomic E-state index is 0.00268. The summed E-state index contributed by atoms with van der Waals surface area (Å²) in [5.74, 6) is 0.996. The Labute approximate surface area is 161 Å². The molecule has 1 aliphatic heterocycles. The number of benzene rings is 1. The van der Waals surface area contributed by atoms with Gasteiger partial charge in [0.15, 0.2) is 11.5 Å². The second kappa shape index (κ2) is 7.81. The summed E-state index contributed by atoms with van der Waals surface area (Å²) in [6.45, 7) is 5.16. The summed E-state index contributed by atoms with van der Waals surface area (Å²) in [4.78, 5) is 18.3. The predicted molar refractivity (Wildman–Crippen MR) is 98.1 cm³/mol. The zero-order chi connectivity index (χ0) is 19.5. The molecule has 28 heavy (non-hydrogen) atoms. The number of nitrogens with zero attached hydrogens (tertiary/aromatic N) is 5. The molecule has 0 N–H and O–H groups in total. The maximum atomic E-state index is 12.6. The van der Waals surface area contributed by atoms with Crippen LogP contribution in [0.3, 0.4) is 0 Å². The van der Waals surface area contributed by atoms with Crippen molar-refractivity contribution >= 4 is 5.91 Å². The second-order valence-electron chi connectivity index (χ2n) is 6.77. The molecule has 0 radical (unpaired) electrons. The van der Waals surface area contributed by atoms with Gasteiger partial charge in [0.2, 0.25) is 0 Å². The van der Waals surface area contributed by atoms with E-state index < -0.39 is 0 Å². The van der Waals surface area contributed by atoms with Crippen molar-refractivity contribution < 1.29 is 18.8 Å². The van der Waals surface area contributed by atoms with Crippen LogP contribution in [0.2, 0.25) is 0 Å².